The van der Waals surface area contributed by atoms with Crippen LogP contribution in [0.3, 0.4) is 0 Å². The number of carbonyl (C=O) groups is 2. The Morgan fingerprint density at radius 1 is 0.900 bits per heavy atom. The van der Waals surface area contributed by atoms with Gasteiger partial charge in [0, 0.05) is 45.2 Å². The van der Waals surface area contributed by atoms with Crippen LogP contribution in [0.25, 0.3) is 43.7 Å². The van der Waals surface area contributed by atoms with Crippen molar-refractivity contribution < 1.29 is 29.3 Å². The van der Waals surface area contributed by atoms with Crippen molar-refractivity contribution >= 4 is 44.7 Å². The van der Waals surface area contributed by atoms with Crippen molar-refractivity contribution in [1.82, 2.24) is 14.5 Å². The number of hydrogen-bond donors (Lipinski definition) is 3. The molecule has 0 atom stereocenters. The maximum atomic E-state index is 11.5. The van der Waals surface area contributed by atoms with Crippen LogP contribution in [0.2, 0.25) is 0 Å². The van der Waals surface area contributed by atoms with Gasteiger partial charge >= 0.3 is 12.1 Å². The second-order valence-electron chi connectivity index (χ2n) is 9.42. The van der Waals surface area contributed by atoms with E-state index in [0.29, 0.717) is 30.5 Å². The summed E-state index contributed by atoms with van der Waals surface area (Å²) >= 11 is 0. The first kappa shape index (κ1) is 25.0. The van der Waals surface area contributed by atoms with E-state index in [0.717, 1.165) is 44.0 Å². The molecule has 0 saturated heterocycles. The van der Waals surface area contributed by atoms with Gasteiger partial charge in [-0.25, -0.2) is 4.79 Å². The molecule has 9 heteroatoms. The third-order valence-electron chi connectivity index (χ3n) is 6.95. The molecule has 9 nitrogen and oxygen atoms in total. The Morgan fingerprint density at radius 2 is 1.70 bits per heavy atom. The van der Waals surface area contributed by atoms with Crippen molar-refractivity contribution in [3.8, 4) is 22.8 Å². The van der Waals surface area contributed by atoms with Crippen LogP contribution in [0.15, 0.2) is 85.3 Å². The van der Waals surface area contributed by atoms with Gasteiger partial charge in [0.05, 0.1) is 23.8 Å². The number of aromatic amines is 1. The number of pyridine rings is 1. The first-order valence-corrected chi connectivity index (χ1v) is 12.8. The fraction of sp³-hybridized carbons (Fsp3) is 0.129. The van der Waals surface area contributed by atoms with Crippen LogP contribution in [0.1, 0.15) is 12.0 Å². The number of carboxylic acid groups (broad SMARTS) is 2. The van der Waals surface area contributed by atoms with Crippen molar-refractivity contribution in [2.45, 2.75) is 19.4 Å². The lowest BCUT2D eigenvalue weighted by atomic mass is 10.0. The van der Waals surface area contributed by atoms with Crippen LogP contribution in [0.4, 0.5) is 4.79 Å². The summed E-state index contributed by atoms with van der Waals surface area (Å²) in [5, 5.41) is 22.6. The molecule has 3 aromatic carbocycles. The van der Waals surface area contributed by atoms with E-state index in [4.69, 9.17) is 9.47 Å². The number of hydrogen-bond acceptors (Lipinski definition) is 5. The highest BCUT2D eigenvalue weighted by Crippen LogP contribution is 2.39. The number of aryl methyl sites for hydroxylation is 1. The molecule has 200 valence electrons. The Balaban J connectivity index is 1.34. The first-order chi connectivity index (χ1) is 19.5. The molecule has 3 N–H and O–H groups in total. The van der Waals surface area contributed by atoms with E-state index >= 15 is 0 Å². The van der Waals surface area contributed by atoms with Crippen LogP contribution in [0.5, 0.6) is 11.6 Å². The van der Waals surface area contributed by atoms with Gasteiger partial charge < -0.3 is 29.2 Å². The molecule has 0 bridgehead atoms. The fourth-order valence-electron chi connectivity index (χ4n) is 5.28. The highest BCUT2D eigenvalue weighted by Gasteiger charge is 2.20. The molecule has 0 aliphatic heterocycles. The molecular weight excluding hydrogens is 510 g/mol. The Bertz CT molecular complexity index is 1880. The van der Waals surface area contributed by atoms with Gasteiger partial charge in [0.1, 0.15) is 12.3 Å². The molecule has 6 aromatic rings. The van der Waals surface area contributed by atoms with Crippen molar-refractivity contribution in [3.05, 3.63) is 90.9 Å². The van der Waals surface area contributed by atoms with Crippen LogP contribution < -0.4 is 9.47 Å². The number of benzene rings is 3. The molecule has 0 aliphatic carbocycles. The zero-order valence-electron chi connectivity index (χ0n) is 21.3. The molecule has 6 rings (SSSR count). The Hall–Kier alpha value is -5.31. The van der Waals surface area contributed by atoms with Gasteiger partial charge in [-0.1, -0.05) is 54.6 Å². The zero-order valence-corrected chi connectivity index (χ0v) is 21.3. The number of nitrogens with zero attached hydrogens (tertiary/aromatic N) is 2. The van der Waals surface area contributed by atoms with Crippen molar-refractivity contribution in [2.24, 2.45) is 0 Å². The fourth-order valence-corrected chi connectivity index (χ4v) is 5.28. The van der Waals surface area contributed by atoms with Gasteiger partial charge in [-0.2, -0.15) is 0 Å². The molecule has 0 unspecified atom stereocenters. The molecule has 40 heavy (non-hydrogen) atoms. The predicted octanol–water partition coefficient (Wildman–Crippen LogP) is 6.49. The number of fused-ring (bicyclic) bond motifs is 3. The van der Waals surface area contributed by atoms with E-state index in [9.17, 15) is 19.8 Å². The van der Waals surface area contributed by atoms with Crippen LogP contribution >= 0.6 is 0 Å². The number of ether oxygens (including phenoxy) is 2. The average Bonchev–Trinajstić information content (AvgIpc) is 3.48. The topological polar surface area (TPSA) is 127 Å². The van der Waals surface area contributed by atoms with E-state index in [1.165, 1.54) is 0 Å². The van der Waals surface area contributed by atoms with E-state index < -0.39 is 12.1 Å². The molecule has 0 amide bonds. The number of nitrogens with one attached hydrogen (secondary N) is 1. The Kier molecular flexibility index (Phi) is 6.53. The summed E-state index contributed by atoms with van der Waals surface area (Å²) in [5.74, 6) is 0.000139. The number of H-pyrrole nitrogens is 1. The minimum absolute atomic E-state index is 0.163. The second-order valence-corrected chi connectivity index (χ2v) is 9.42. The SMILES string of the molecule is O=C(O)Cn1cc(-c2cccc3c(CCCOc4cccc5ccccc45)c(OC(=O)O)[nH]c23)c2ccncc21. The van der Waals surface area contributed by atoms with Crippen molar-refractivity contribution in [2.75, 3.05) is 6.61 Å². The largest absolute Gasteiger partial charge is 0.512 e. The lowest BCUT2D eigenvalue weighted by Gasteiger charge is -2.09. The van der Waals surface area contributed by atoms with E-state index in [1.54, 1.807) is 23.2 Å². The monoisotopic (exact) mass is 535 g/mol. The summed E-state index contributed by atoms with van der Waals surface area (Å²) in [4.78, 5) is 30.3. The molecule has 3 aromatic heterocycles. The van der Waals surface area contributed by atoms with Gasteiger partial charge in [0.2, 0.25) is 5.88 Å². The Labute approximate surface area is 228 Å². The quantitative estimate of drug-likeness (QED) is 0.143. The van der Waals surface area contributed by atoms with Gasteiger partial charge in [0.15, 0.2) is 0 Å². The molecule has 3 heterocycles. The molecule has 0 radical (unpaired) electrons. The number of aromatic nitrogens is 3. The van der Waals surface area contributed by atoms with Gasteiger partial charge in [-0.15, -0.1) is 0 Å². The van der Waals surface area contributed by atoms with Crippen molar-refractivity contribution in [3.63, 3.8) is 0 Å². The number of para-hydroxylation sites is 1. The summed E-state index contributed by atoms with van der Waals surface area (Å²) < 4.78 is 12.9. The predicted molar refractivity (Wildman–Crippen MR) is 151 cm³/mol. The number of aliphatic carboxylic acids is 1. The normalized spacial score (nSPS) is 11.3. The smallest absolute Gasteiger partial charge is 0.493 e. The molecular formula is C31H25N3O6. The van der Waals surface area contributed by atoms with Crippen LogP contribution in [-0.2, 0) is 17.8 Å². The highest BCUT2D eigenvalue weighted by molar-refractivity contribution is 6.05. The molecule has 0 spiro atoms. The molecule has 0 aliphatic rings. The zero-order chi connectivity index (χ0) is 27.6. The third kappa shape index (κ3) is 4.69. The summed E-state index contributed by atoms with van der Waals surface area (Å²) in [6.45, 7) is 0.223. The summed E-state index contributed by atoms with van der Waals surface area (Å²) in [5.41, 5.74) is 3.73. The molecule has 0 fully saturated rings. The van der Waals surface area contributed by atoms with E-state index in [2.05, 4.69) is 9.97 Å². The lowest BCUT2D eigenvalue weighted by Crippen LogP contribution is -2.07. The lowest BCUT2D eigenvalue weighted by molar-refractivity contribution is -0.137. The average molecular weight is 536 g/mol. The first-order valence-electron chi connectivity index (χ1n) is 12.8. The standard InChI is InChI=1S/C31H25N3O6/c35-28(36)18-34-17-25(21-13-14-32-16-26(21)34)23-10-4-9-22-24(30(33-29(22)23)40-31(37)38)11-5-15-39-27-12-3-7-19-6-1-2-8-20(19)27/h1-4,6-10,12-14,16-17,33H,5,11,15,18H2,(H,35,36)(H,37,38). The maximum Gasteiger partial charge on any atom is 0.512 e. The van der Waals surface area contributed by atoms with Crippen LogP contribution in [0, 0.1) is 0 Å². The van der Waals surface area contributed by atoms with E-state index in [-0.39, 0.29) is 12.4 Å². The minimum atomic E-state index is -1.41. The van der Waals surface area contributed by atoms with E-state index in [1.807, 2.05) is 66.7 Å². The highest BCUT2D eigenvalue weighted by atomic mass is 16.7. The van der Waals surface area contributed by atoms with Crippen LogP contribution in [-0.4, -0.2) is 43.5 Å². The molecule has 0 saturated carbocycles. The second kappa shape index (κ2) is 10.5. The van der Waals surface area contributed by atoms with Crippen molar-refractivity contribution in [1.29, 1.82) is 0 Å². The van der Waals surface area contributed by atoms with Gasteiger partial charge in [-0.05, 0) is 30.4 Å². The number of rotatable bonds is 9. The summed E-state index contributed by atoms with van der Waals surface area (Å²) in [7, 11) is 0. The maximum absolute atomic E-state index is 11.5. The minimum Gasteiger partial charge on any atom is -0.493 e. The Morgan fingerprint density at radius 3 is 2.55 bits per heavy atom. The summed E-state index contributed by atoms with van der Waals surface area (Å²) in [6.07, 6.45) is 4.81. The third-order valence-corrected chi connectivity index (χ3v) is 6.95. The van der Waals surface area contributed by atoms with Gasteiger partial charge in [-0.3, -0.25) is 9.78 Å². The van der Waals surface area contributed by atoms with Gasteiger partial charge in [0.25, 0.3) is 0 Å². The summed E-state index contributed by atoms with van der Waals surface area (Å²) in [6, 6.07) is 21.5. The number of carboxylic acids is 1.